The Hall–Kier alpha value is -3.35. The van der Waals surface area contributed by atoms with E-state index in [2.05, 4.69) is 49.1 Å². The van der Waals surface area contributed by atoms with Gasteiger partial charge in [0.25, 0.3) is 0 Å². The van der Waals surface area contributed by atoms with E-state index in [0.717, 1.165) is 22.5 Å². The fourth-order valence-corrected chi connectivity index (χ4v) is 5.03. The van der Waals surface area contributed by atoms with E-state index < -0.39 is 5.72 Å². The van der Waals surface area contributed by atoms with Crippen molar-refractivity contribution in [3.8, 4) is 11.5 Å². The second kappa shape index (κ2) is 7.90. The van der Waals surface area contributed by atoms with Crippen molar-refractivity contribution in [1.82, 2.24) is 0 Å². The minimum Gasteiger partial charge on any atom is -0.493 e. The van der Waals surface area contributed by atoms with Crippen LogP contribution in [-0.2, 0) is 16.8 Å². The first-order valence-electron chi connectivity index (χ1n) is 11.0. The Morgan fingerprint density at radius 1 is 1.03 bits per heavy atom. The highest BCUT2D eigenvalue weighted by Gasteiger charge is 2.59. The fraction of sp³-hybridized carbons (Fsp3) is 0.259. The molecule has 0 radical (unpaired) electrons. The van der Waals surface area contributed by atoms with Crippen LogP contribution in [0.15, 0.2) is 66.7 Å². The normalized spacial score (nSPS) is 19.8. The van der Waals surface area contributed by atoms with Crippen LogP contribution in [0.2, 0.25) is 0 Å². The van der Waals surface area contributed by atoms with Crippen LogP contribution in [0, 0.1) is 5.82 Å². The van der Waals surface area contributed by atoms with Gasteiger partial charge in [0, 0.05) is 29.9 Å². The standard InChI is InChI=1S/C27H27FN2O3/c1-26(2)22-7-5-6-8-23(22)30(17-18-9-11-20(28)12-10-18)27(26)14-13-19-15-21(29-32-4)16-24(31-3)25(19)33-27/h5-16,29H,17H2,1-4H3/p+1. The minimum absolute atomic E-state index is 0.244. The summed E-state index contributed by atoms with van der Waals surface area (Å²) in [5.41, 5.74) is 5.64. The van der Waals surface area contributed by atoms with Gasteiger partial charge in [-0.15, -0.1) is 0 Å². The average Bonchev–Trinajstić information content (AvgIpc) is 2.99. The number of benzene rings is 3. The lowest BCUT2D eigenvalue weighted by atomic mass is 9.76. The monoisotopic (exact) mass is 447 g/mol. The van der Waals surface area contributed by atoms with Crippen LogP contribution in [0.4, 0.5) is 15.8 Å². The number of methoxy groups -OCH3 is 1. The Balaban J connectivity index is 1.65. The maximum absolute atomic E-state index is 13.6. The summed E-state index contributed by atoms with van der Waals surface area (Å²) in [5.74, 6) is 1.10. The summed E-state index contributed by atoms with van der Waals surface area (Å²) in [7, 11) is 3.27. The lowest BCUT2D eigenvalue weighted by Crippen LogP contribution is -2.75. The van der Waals surface area contributed by atoms with E-state index in [1.165, 1.54) is 17.7 Å². The number of nitrogens with zero attached hydrogens (tertiary/aromatic N) is 1. The van der Waals surface area contributed by atoms with E-state index in [1.54, 1.807) is 19.7 Å². The van der Waals surface area contributed by atoms with Crippen LogP contribution < -0.4 is 19.9 Å². The molecule has 3 aromatic carbocycles. The van der Waals surface area contributed by atoms with Gasteiger partial charge in [0.15, 0.2) is 17.2 Å². The van der Waals surface area contributed by atoms with Gasteiger partial charge in [-0.3, -0.25) is 0 Å². The van der Waals surface area contributed by atoms with Crippen molar-refractivity contribution in [2.24, 2.45) is 0 Å². The van der Waals surface area contributed by atoms with Crippen molar-refractivity contribution >= 4 is 17.5 Å². The molecule has 6 heteroatoms. The zero-order valence-corrected chi connectivity index (χ0v) is 19.3. The lowest BCUT2D eigenvalue weighted by Gasteiger charge is -2.47. The number of nitrogens with two attached hydrogens (primary N) is 1. The first kappa shape index (κ1) is 21.5. The molecule has 33 heavy (non-hydrogen) atoms. The van der Waals surface area contributed by atoms with Crippen molar-refractivity contribution < 1.29 is 24.2 Å². The predicted molar refractivity (Wildman–Crippen MR) is 126 cm³/mol. The Morgan fingerprint density at radius 2 is 1.79 bits per heavy atom. The van der Waals surface area contributed by atoms with Gasteiger partial charge >= 0.3 is 0 Å². The highest BCUT2D eigenvalue weighted by molar-refractivity contribution is 5.75. The van der Waals surface area contributed by atoms with Gasteiger partial charge in [0.05, 0.1) is 19.6 Å². The largest absolute Gasteiger partial charge is 0.493 e. The lowest BCUT2D eigenvalue weighted by molar-refractivity contribution is -0.830. The highest BCUT2D eigenvalue weighted by atomic mass is 19.1. The van der Waals surface area contributed by atoms with E-state index in [1.807, 2.05) is 30.3 Å². The number of para-hydroxylation sites is 1. The SMILES string of the molecule is CO[NH2+]c1cc2c(c(OC)c1)OC1(C=C2)N(Cc2ccc(F)cc2)c2ccccc2C1(C)C. The van der Waals surface area contributed by atoms with E-state index in [4.69, 9.17) is 14.3 Å². The number of rotatable bonds is 5. The summed E-state index contributed by atoms with van der Waals surface area (Å²) < 4.78 is 26.2. The number of halogens is 1. The molecule has 0 saturated carbocycles. The number of anilines is 1. The smallest absolute Gasteiger partial charge is 0.212 e. The zero-order chi connectivity index (χ0) is 23.2. The van der Waals surface area contributed by atoms with Gasteiger partial charge in [-0.05, 0) is 55.3 Å². The van der Waals surface area contributed by atoms with Gasteiger partial charge in [-0.1, -0.05) is 30.3 Å². The summed E-state index contributed by atoms with van der Waals surface area (Å²) in [6.07, 6.45) is 4.23. The minimum atomic E-state index is -0.794. The second-order valence-corrected chi connectivity index (χ2v) is 8.98. The molecule has 0 bridgehead atoms. The Kier molecular flexibility index (Phi) is 5.15. The molecule has 3 aromatic rings. The van der Waals surface area contributed by atoms with Crippen molar-refractivity contribution in [3.05, 3.63) is 89.2 Å². The molecule has 0 amide bonds. The summed E-state index contributed by atoms with van der Waals surface area (Å²) >= 11 is 0. The molecule has 170 valence electrons. The molecule has 5 rings (SSSR count). The summed E-state index contributed by atoms with van der Waals surface area (Å²) in [5, 5.41) is 0. The molecular formula is C27H28FN2O3+. The van der Waals surface area contributed by atoms with Crippen LogP contribution in [0.3, 0.4) is 0 Å². The van der Waals surface area contributed by atoms with Gasteiger partial charge in [0.1, 0.15) is 5.82 Å². The molecule has 5 nitrogen and oxygen atoms in total. The molecule has 0 fully saturated rings. The van der Waals surface area contributed by atoms with E-state index in [-0.39, 0.29) is 11.2 Å². The van der Waals surface area contributed by atoms with Crippen LogP contribution >= 0.6 is 0 Å². The van der Waals surface area contributed by atoms with E-state index >= 15 is 0 Å². The first-order valence-corrected chi connectivity index (χ1v) is 11.0. The van der Waals surface area contributed by atoms with Gasteiger partial charge in [-0.2, -0.15) is 5.48 Å². The number of hydrogen-bond donors (Lipinski definition) is 1. The van der Waals surface area contributed by atoms with Crippen LogP contribution in [0.5, 0.6) is 11.5 Å². The molecular weight excluding hydrogens is 419 g/mol. The Morgan fingerprint density at radius 3 is 2.52 bits per heavy atom. The third kappa shape index (κ3) is 3.29. The molecule has 0 aliphatic carbocycles. The maximum Gasteiger partial charge on any atom is 0.212 e. The molecule has 2 aliphatic heterocycles. The average molecular weight is 448 g/mol. The molecule has 1 spiro atoms. The van der Waals surface area contributed by atoms with Gasteiger partial charge in [-0.25, -0.2) is 9.23 Å². The number of hydrogen-bond acceptors (Lipinski definition) is 4. The Labute approximate surface area is 193 Å². The number of ether oxygens (including phenoxy) is 2. The summed E-state index contributed by atoms with van der Waals surface area (Å²) in [6, 6.07) is 19.0. The predicted octanol–water partition coefficient (Wildman–Crippen LogP) is 4.69. The maximum atomic E-state index is 13.6. The topological polar surface area (TPSA) is 47.5 Å². The zero-order valence-electron chi connectivity index (χ0n) is 19.3. The van der Waals surface area contributed by atoms with Crippen LogP contribution in [0.25, 0.3) is 6.08 Å². The Bertz CT molecular complexity index is 1220. The quantitative estimate of drug-likeness (QED) is 0.455. The van der Waals surface area contributed by atoms with Gasteiger partial charge < -0.3 is 14.4 Å². The van der Waals surface area contributed by atoms with Crippen molar-refractivity contribution in [2.75, 3.05) is 19.1 Å². The summed E-state index contributed by atoms with van der Waals surface area (Å²) in [6.45, 7) is 4.97. The molecule has 1 atom stereocenters. The van der Waals surface area contributed by atoms with E-state index in [9.17, 15) is 4.39 Å². The second-order valence-electron chi connectivity index (χ2n) is 8.98. The van der Waals surface area contributed by atoms with Crippen LogP contribution in [0.1, 0.15) is 30.5 Å². The number of fused-ring (bicyclic) bond motifs is 2. The molecule has 2 N–H and O–H groups in total. The molecule has 2 heterocycles. The van der Waals surface area contributed by atoms with Crippen molar-refractivity contribution in [3.63, 3.8) is 0 Å². The van der Waals surface area contributed by atoms with Crippen molar-refractivity contribution in [1.29, 1.82) is 0 Å². The van der Waals surface area contributed by atoms with E-state index in [0.29, 0.717) is 18.0 Å². The third-order valence-electron chi connectivity index (χ3n) is 6.74. The summed E-state index contributed by atoms with van der Waals surface area (Å²) in [4.78, 5) is 7.47. The fourth-order valence-electron chi connectivity index (χ4n) is 5.03. The highest BCUT2D eigenvalue weighted by Crippen LogP contribution is 2.56. The molecule has 1 unspecified atom stereocenters. The third-order valence-corrected chi connectivity index (χ3v) is 6.74. The molecule has 0 saturated heterocycles. The number of quaternary nitrogens is 1. The molecule has 0 aromatic heterocycles. The van der Waals surface area contributed by atoms with Crippen molar-refractivity contribution in [2.45, 2.75) is 31.5 Å². The van der Waals surface area contributed by atoms with Gasteiger partial charge in [0.2, 0.25) is 5.72 Å². The van der Waals surface area contributed by atoms with Crippen LogP contribution in [-0.4, -0.2) is 19.9 Å². The first-order chi connectivity index (χ1) is 15.9. The molecule has 2 aliphatic rings.